The number of aromatic nitrogens is 2. The highest BCUT2D eigenvalue weighted by atomic mass is 16.6. The summed E-state index contributed by atoms with van der Waals surface area (Å²) in [6.45, 7) is 3.14. The third-order valence-corrected chi connectivity index (χ3v) is 4.07. The number of ether oxygens (including phenoxy) is 3. The van der Waals surface area contributed by atoms with Crippen LogP contribution in [0.25, 0.3) is 0 Å². The number of fused-ring (bicyclic) bond motifs is 1. The standard InChI is InChI=1S/C20H20N4O3/c1-13-3-5-16(25-2)15(11-13)23-20-21-8-7-19(24-20)22-14-4-6-17-18(12-14)27-10-9-26-17/h3-8,11-12H,9-10H2,1-2H3,(H2,21,22,23,24). The first-order valence-electron chi connectivity index (χ1n) is 8.63. The summed E-state index contributed by atoms with van der Waals surface area (Å²) < 4.78 is 16.6. The number of hydrogen-bond acceptors (Lipinski definition) is 7. The Balaban J connectivity index is 1.54. The molecule has 0 spiro atoms. The molecule has 0 amide bonds. The summed E-state index contributed by atoms with van der Waals surface area (Å²) in [5, 5.41) is 6.47. The molecule has 4 rings (SSSR count). The zero-order valence-corrected chi connectivity index (χ0v) is 15.2. The summed E-state index contributed by atoms with van der Waals surface area (Å²) in [7, 11) is 1.64. The first-order valence-corrected chi connectivity index (χ1v) is 8.63. The zero-order valence-electron chi connectivity index (χ0n) is 15.2. The van der Waals surface area contributed by atoms with Crippen LogP contribution in [0.1, 0.15) is 5.56 Å². The summed E-state index contributed by atoms with van der Waals surface area (Å²) in [6, 6.07) is 13.4. The van der Waals surface area contributed by atoms with Crippen LogP contribution >= 0.6 is 0 Å². The number of rotatable bonds is 5. The average molecular weight is 364 g/mol. The molecule has 0 atom stereocenters. The monoisotopic (exact) mass is 364 g/mol. The third kappa shape index (κ3) is 3.87. The van der Waals surface area contributed by atoms with Gasteiger partial charge in [-0.2, -0.15) is 4.98 Å². The summed E-state index contributed by atoms with van der Waals surface area (Å²) in [6.07, 6.45) is 1.69. The van der Waals surface area contributed by atoms with E-state index in [-0.39, 0.29) is 0 Å². The fraction of sp³-hybridized carbons (Fsp3) is 0.200. The van der Waals surface area contributed by atoms with Gasteiger partial charge in [0.1, 0.15) is 24.8 Å². The van der Waals surface area contributed by atoms with Crippen molar-refractivity contribution in [2.24, 2.45) is 0 Å². The molecule has 3 aromatic rings. The highest BCUT2D eigenvalue weighted by Crippen LogP contribution is 2.33. The van der Waals surface area contributed by atoms with Crippen molar-refractivity contribution in [3.8, 4) is 17.2 Å². The Morgan fingerprint density at radius 3 is 2.67 bits per heavy atom. The Bertz CT molecular complexity index is 962. The van der Waals surface area contributed by atoms with E-state index in [4.69, 9.17) is 14.2 Å². The average Bonchev–Trinajstić information content (AvgIpc) is 2.68. The molecule has 1 aliphatic rings. The van der Waals surface area contributed by atoms with Gasteiger partial charge in [0.05, 0.1) is 12.8 Å². The lowest BCUT2D eigenvalue weighted by molar-refractivity contribution is 0.171. The Kier molecular flexibility index (Phi) is 4.65. The van der Waals surface area contributed by atoms with Gasteiger partial charge in [0, 0.05) is 18.0 Å². The van der Waals surface area contributed by atoms with Crippen LogP contribution in [0, 0.1) is 6.92 Å². The van der Waals surface area contributed by atoms with Gasteiger partial charge in [0.25, 0.3) is 0 Å². The molecule has 0 fully saturated rings. The van der Waals surface area contributed by atoms with E-state index >= 15 is 0 Å². The van der Waals surface area contributed by atoms with Crippen LogP contribution in [0.2, 0.25) is 0 Å². The van der Waals surface area contributed by atoms with Crippen LogP contribution in [0.15, 0.2) is 48.7 Å². The third-order valence-electron chi connectivity index (χ3n) is 4.07. The van der Waals surface area contributed by atoms with Crippen LogP contribution in [0.3, 0.4) is 0 Å². The fourth-order valence-electron chi connectivity index (χ4n) is 2.80. The largest absolute Gasteiger partial charge is 0.495 e. The van der Waals surface area contributed by atoms with E-state index in [9.17, 15) is 0 Å². The minimum absolute atomic E-state index is 0.474. The van der Waals surface area contributed by atoms with Gasteiger partial charge in [-0.1, -0.05) is 6.07 Å². The van der Waals surface area contributed by atoms with Crippen molar-refractivity contribution in [1.82, 2.24) is 9.97 Å². The number of nitrogens with one attached hydrogen (secondary N) is 2. The first-order chi connectivity index (χ1) is 13.2. The lowest BCUT2D eigenvalue weighted by Gasteiger charge is -2.19. The maximum Gasteiger partial charge on any atom is 0.229 e. The van der Waals surface area contributed by atoms with Gasteiger partial charge in [-0.25, -0.2) is 4.98 Å². The first kappa shape index (κ1) is 17.0. The van der Waals surface area contributed by atoms with Gasteiger partial charge in [0.15, 0.2) is 11.5 Å². The summed E-state index contributed by atoms with van der Waals surface area (Å²) in [5.41, 5.74) is 2.79. The molecule has 1 aromatic heterocycles. The lowest BCUT2D eigenvalue weighted by atomic mass is 10.2. The molecule has 27 heavy (non-hydrogen) atoms. The smallest absolute Gasteiger partial charge is 0.229 e. The van der Waals surface area contributed by atoms with Crippen LogP contribution in [-0.4, -0.2) is 30.3 Å². The Hall–Kier alpha value is -3.48. The molecule has 7 heteroatoms. The number of benzene rings is 2. The molecule has 0 saturated carbocycles. The van der Waals surface area contributed by atoms with Crippen molar-refractivity contribution in [3.05, 3.63) is 54.2 Å². The van der Waals surface area contributed by atoms with E-state index in [1.807, 2.05) is 43.3 Å². The lowest BCUT2D eigenvalue weighted by Crippen LogP contribution is -2.15. The predicted molar refractivity (Wildman–Crippen MR) is 104 cm³/mol. The zero-order chi connectivity index (χ0) is 18.6. The second-order valence-corrected chi connectivity index (χ2v) is 6.08. The van der Waals surface area contributed by atoms with Crippen LogP contribution < -0.4 is 24.8 Å². The van der Waals surface area contributed by atoms with Gasteiger partial charge in [-0.3, -0.25) is 0 Å². The number of methoxy groups -OCH3 is 1. The highest BCUT2D eigenvalue weighted by Gasteiger charge is 2.12. The molecule has 0 bridgehead atoms. The molecular weight excluding hydrogens is 344 g/mol. The molecule has 2 heterocycles. The number of hydrogen-bond donors (Lipinski definition) is 2. The van der Waals surface area contributed by atoms with Crippen LogP contribution in [0.4, 0.5) is 23.1 Å². The maximum atomic E-state index is 5.62. The summed E-state index contributed by atoms with van der Waals surface area (Å²) >= 11 is 0. The Morgan fingerprint density at radius 1 is 0.963 bits per heavy atom. The number of anilines is 4. The molecule has 2 N–H and O–H groups in total. The van der Waals surface area contributed by atoms with E-state index in [0.29, 0.717) is 25.0 Å². The molecule has 1 aliphatic heterocycles. The highest BCUT2D eigenvalue weighted by molar-refractivity contribution is 5.66. The van der Waals surface area contributed by atoms with Crippen molar-refractivity contribution >= 4 is 23.1 Å². The molecule has 0 aliphatic carbocycles. The SMILES string of the molecule is COc1ccc(C)cc1Nc1nccc(Nc2ccc3c(c2)OCCO3)n1. The van der Waals surface area contributed by atoms with E-state index < -0.39 is 0 Å². The number of aryl methyl sites for hydroxylation is 1. The van der Waals surface area contributed by atoms with E-state index in [1.165, 1.54) is 0 Å². The topological polar surface area (TPSA) is 77.5 Å². The van der Waals surface area contributed by atoms with E-state index in [0.717, 1.165) is 34.2 Å². The second kappa shape index (κ2) is 7.41. The van der Waals surface area contributed by atoms with E-state index in [2.05, 4.69) is 20.6 Å². The molecule has 0 radical (unpaired) electrons. The minimum Gasteiger partial charge on any atom is -0.495 e. The van der Waals surface area contributed by atoms with Gasteiger partial charge >= 0.3 is 0 Å². The van der Waals surface area contributed by atoms with Crippen molar-refractivity contribution in [1.29, 1.82) is 0 Å². The maximum absolute atomic E-state index is 5.62. The van der Waals surface area contributed by atoms with Crippen molar-refractivity contribution in [2.75, 3.05) is 31.0 Å². The summed E-state index contributed by atoms with van der Waals surface area (Å²) in [4.78, 5) is 8.81. The second-order valence-electron chi connectivity index (χ2n) is 6.08. The van der Waals surface area contributed by atoms with Crippen molar-refractivity contribution in [2.45, 2.75) is 6.92 Å². The molecule has 138 valence electrons. The van der Waals surface area contributed by atoms with Crippen molar-refractivity contribution in [3.63, 3.8) is 0 Å². The van der Waals surface area contributed by atoms with Crippen LogP contribution in [0.5, 0.6) is 17.2 Å². The Morgan fingerprint density at radius 2 is 1.81 bits per heavy atom. The Labute approximate surface area is 157 Å². The quantitative estimate of drug-likeness (QED) is 0.707. The fourth-order valence-corrected chi connectivity index (χ4v) is 2.80. The van der Waals surface area contributed by atoms with Gasteiger partial charge in [-0.15, -0.1) is 0 Å². The molecule has 7 nitrogen and oxygen atoms in total. The van der Waals surface area contributed by atoms with E-state index in [1.54, 1.807) is 19.4 Å². The predicted octanol–water partition coefficient (Wildman–Crippen LogP) is 4.05. The molecule has 0 unspecified atom stereocenters. The molecular formula is C20H20N4O3. The molecule has 2 aromatic carbocycles. The number of nitrogens with zero attached hydrogens (tertiary/aromatic N) is 2. The normalized spacial score (nSPS) is 12.4. The van der Waals surface area contributed by atoms with Gasteiger partial charge in [-0.05, 0) is 42.8 Å². The minimum atomic E-state index is 0.474. The van der Waals surface area contributed by atoms with Crippen molar-refractivity contribution < 1.29 is 14.2 Å². The van der Waals surface area contributed by atoms with Gasteiger partial charge in [0.2, 0.25) is 5.95 Å². The van der Waals surface area contributed by atoms with Gasteiger partial charge < -0.3 is 24.8 Å². The summed E-state index contributed by atoms with van der Waals surface area (Å²) in [5.74, 6) is 3.35. The molecule has 0 saturated heterocycles. The van der Waals surface area contributed by atoms with Crippen LogP contribution in [-0.2, 0) is 0 Å².